The average molecular weight is 521 g/mol. The number of nitro groups is 1. The van der Waals surface area contributed by atoms with Crippen LogP contribution < -0.4 is 5.32 Å². The first-order valence-electron chi connectivity index (χ1n) is 9.78. The van der Waals surface area contributed by atoms with Crippen molar-refractivity contribution in [2.75, 3.05) is 6.61 Å². The Morgan fingerprint density at radius 3 is 2.37 bits per heavy atom. The van der Waals surface area contributed by atoms with Crippen molar-refractivity contribution >= 4 is 23.2 Å². The van der Waals surface area contributed by atoms with Gasteiger partial charge in [-0.15, -0.1) is 0 Å². The highest BCUT2D eigenvalue weighted by Gasteiger charge is 2.29. The molecule has 2 unspecified atom stereocenters. The molecule has 2 aromatic heterocycles. The van der Waals surface area contributed by atoms with Crippen LogP contribution in [0.4, 0.5) is 23.2 Å². The van der Waals surface area contributed by atoms with Gasteiger partial charge in [0.25, 0.3) is 24.4 Å². The van der Waals surface area contributed by atoms with E-state index in [0.29, 0.717) is 4.68 Å². The van der Waals surface area contributed by atoms with Crippen LogP contribution in [0.25, 0.3) is 0 Å². The molecule has 15 heteroatoms. The predicted molar refractivity (Wildman–Crippen MR) is 111 cm³/mol. The number of furan rings is 1. The third-order valence-electron chi connectivity index (χ3n) is 4.90. The molecule has 35 heavy (non-hydrogen) atoms. The zero-order valence-corrected chi connectivity index (χ0v) is 18.2. The maximum absolute atomic E-state index is 13.3. The maximum Gasteiger partial charge on any atom is 0.287 e. The number of aromatic nitrogens is 2. The summed E-state index contributed by atoms with van der Waals surface area (Å²) in [6, 6.07) is 5.95. The van der Waals surface area contributed by atoms with Gasteiger partial charge in [-0.05, 0) is 29.8 Å². The second-order valence-electron chi connectivity index (χ2n) is 7.17. The number of non-ortho nitro benzene ring substituents is 1. The lowest BCUT2D eigenvalue weighted by molar-refractivity contribution is -0.384. The lowest BCUT2D eigenvalue weighted by Crippen LogP contribution is -2.41. The van der Waals surface area contributed by atoms with Crippen LogP contribution in [-0.2, 0) is 6.54 Å². The largest absolute Gasteiger partial charge is 0.454 e. The van der Waals surface area contributed by atoms with Gasteiger partial charge in [0.05, 0.1) is 29.1 Å². The van der Waals surface area contributed by atoms with Gasteiger partial charge in [0, 0.05) is 12.1 Å². The molecule has 0 aliphatic rings. The number of hydrogen-bond donors (Lipinski definition) is 3. The number of alkyl halides is 4. The highest BCUT2D eigenvalue weighted by Crippen LogP contribution is 2.35. The summed E-state index contributed by atoms with van der Waals surface area (Å²) in [7, 11) is 0. The Bertz CT molecular complexity index is 1200. The molecule has 0 bridgehead atoms. The highest BCUT2D eigenvalue weighted by molar-refractivity contribution is 6.32. The molecular formula is C20H17ClF4N4O6. The summed E-state index contributed by atoms with van der Waals surface area (Å²) in [6.45, 7) is -1.24. The second kappa shape index (κ2) is 10.8. The van der Waals surface area contributed by atoms with Gasteiger partial charge in [-0.1, -0.05) is 11.6 Å². The summed E-state index contributed by atoms with van der Waals surface area (Å²) < 4.78 is 58.4. The molecule has 0 spiro atoms. The van der Waals surface area contributed by atoms with Crippen LogP contribution in [0, 0.1) is 10.1 Å². The number of nitro benzene ring substituents is 1. The van der Waals surface area contributed by atoms with E-state index in [0.717, 1.165) is 12.1 Å². The van der Waals surface area contributed by atoms with E-state index in [1.54, 1.807) is 0 Å². The number of nitrogens with one attached hydrogen (secondary N) is 1. The zero-order valence-electron chi connectivity index (χ0n) is 17.4. The van der Waals surface area contributed by atoms with E-state index in [9.17, 15) is 42.7 Å². The fourth-order valence-corrected chi connectivity index (χ4v) is 3.46. The number of aliphatic hydroxyl groups excluding tert-OH is 2. The quantitative estimate of drug-likeness (QED) is 0.209. The fraction of sp³-hybridized carbons (Fsp3) is 0.300. The Morgan fingerprint density at radius 1 is 1.17 bits per heavy atom. The first-order chi connectivity index (χ1) is 16.5. The van der Waals surface area contributed by atoms with Crippen molar-refractivity contribution < 1.29 is 41.9 Å². The third kappa shape index (κ3) is 5.78. The normalized spacial score (nSPS) is 13.3. The Balaban J connectivity index is 1.73. The van der Waals surface area contributed by atoms with Crippen LogP contribution in [0.15, 0.2) is 40.8 Å². The van der Waals surface area contributed by atoms with Crippen molar-refractivity contribution in [2.24, 2.45) is 0 Å². The van der Waals surface area contributed by atoms with Gasteiger partial charge < -0.3 is 19.9 Å². The molecule has 1 aromatic carbocycles. The van der Waals surface area contributed by atoms with Crippen molar-refractivity contribution in [1.82, 2.24) is 15.1 Å². The van der Waals surface area contributed by atoms with E-state index in [1.807, 2.05) is 0 Å². The van der Waals surface area contributed by atoms with Gasteiger partial charge in [-0.25, -0.2) is 17.6 Å². The topological polar surface area (TPSA) is 144 Å². The van der Waals surface area contributed by atoms with Crippen molar-refractivity contribution in [1.29, 1.82) is 0 Å². The van der Waals surface area contributed by atoms with Crippen LogP contribution >= 0.6 is 11.6 Å². The van der Waals surface area contributed by atoms with Crippen LogP contribution in [0.1, 0.15) is 52.2 Å². The first-order valence-corrected chi connectivity index (χ1v) is 10.2. The molecule has 0 saturated carbocycles. The maximum atomic E-state index is 13.3. The Hall–Kier alpha value is -3.49. The molecule has 0 fully saturated rings. The van der Waals surface area contributed by atoms with E-state index in [1.165, 1.54) is 24.3 Å². The van der Waals surface area contributed by atoms with Gasteiger partial charge in [-0.2, -0.15) is 5.10 Å². The molecule has 2 heterocycles. The van der Waals surface area contributed by atoms with Gasteiger partial charge in [0.15, 0.2) is 5.76 Å². The lowest BCUT2D eigenvalue weighted by Gasteiger charge is -2.22. The minimum atomic E-state index is -3.20. The summed E-state index contributed by atoms with van der Waals surface area (Å²) in [5.74, 6) is -1.31. The number of carbonyl (C=O) groups is 1. The fourth-order valence-electron chi connectivity index (χ4n) is 3.16. The monoisotopic (exact) mass is 520 g/mol. The number of nitrogens with zero attached hydrogens (tertiary/aromatic N) is 3. The summed E-state index contributed by atoms with van der Waals surface area (Å²) in [5.41, 5.74) is -1.99. The smallest absolute Gasteiger partial charge is 0.287 e. The third-order valence-corrected chi connectivity index (χ3v) is 5.29. The van der Waals surface area contributed by atoms with Crippen LogP contribution in [0.5, 0.6) is 0 Å². The van der Waals surface area contributed by atoms with E-state index < -0.39 is 65.4 Å². The number of aliphatic hydroxyl groups is 2. The second-order valence-corrected chi connectivity index (χ2v) is 7.54. The van der Waals surface area contributed by atoms with Crippen LogP contribution in [0.2, 0.25) is 5.02 Å². The number of hydrogen-bond acceptors (Lipinski definition) is 7. The summed E-state index contributed by atoms with van der Waals surface area (Å²) in [6.07, 6.45) is -7.82. The molecule has 0 aliphatic heterocycles. The van der Waals surface area contributed by atoms with Gasteiger partial charge in [0.1, 0.15) is 23.3 Å². The summed E-state index contributed by atoms with van der Waals surface area (Å²) >= 11 is 5.60. The molecular weight excluding hydrogens is 504 g/mol. The molecule has 3 aromatic rings. The van der Waals surface area contributed by atoms with E-state index in [-0.39, 0.29) is 22.8 Å². The van der Waals surface area contributed by atoms with Crippen molar-refractivity contribution in [3.05, 3.63) is 80.0 Å². The average Bonchev–Trinajstić information content (AvgIpc) is 3.41. The SMILES string of the molecule is O=C(NC(CO)C(O)c1ccc([N+](=O)[O-])cc1)c1ccc(Cn2nc(C(F)F)c(Cl)c2C(F)F)o1. The minimum absolute atomic E-state index is 0.0894. The molecule has 0 aliphatic carbocycles. The lowest BCUT2D eigenvalue weighted by atomic mass is 10.0. The van der Waals surface area contributed by atoms with E-state index >= 15 is 0 Å². The van der Waals surface area contributed by atoms with Crippen LogP contribution in [-0.4, -0.2) is 43.5 Å². The number of amides is 1. The molecule has 188 valence electrons. The number of rotatable bonds is 10. The predicted octanol–water partition coefficient (Wildman–Crippen LogP) is 3.79. The molecule has 3 rings (SSSR count). The number of benzene rings is 1. The van der Waals surface area contributed by atoms with Crippen molar-refractivity contribution in [3.63, 3.8) is 0 Å². The number of carbonyl (C=O) groups excluding carboxylic acids is 1. The summed E-state index contributed by atoms with van der Waals surface area (Å²) in [4.78, 5) is 22.6. The summed E-state index contributed by atoms with van der Waals surface area (Å²) in [5, 5.41) is 35.6. The number of halogens is 5. The van der Waals surface area contributed by atoms with E-state index in [2.05, 4.69) is 10.4 Å². The zero-order chi connectivity index (χ0) is 25.9. The van der Waals surface area contributed by atoms with Gasteiger partial charge in [0.2, 0.25) is 0 Å². The Morgan fingerprint density at radius 2 is 1.83 bits per heavy atom. The van der Waals surface area contributed by atoms with Crippen molar-refractivity contribution in [3.8, 4) is 0 Å². The van der Waals surface area contributed by atoms with Gasteiger partial charge in [-0.3, -0.25) is 19.6 Å². The Labute approximate surface area is 198 Å². The molecule has 2 atom stereocenters. The minimum Gasteiger partial charge on any atom is -0.454 e. The van der Waals surface area contributed by atoms with Crippen LogP contribution in [0.3, 0.4) is 0 Å². The first kappa shape index (κ1) is 26.1. The Kier molecular flexibility index (Phi) is 8.09. The molecule has 3 N–H and O–H groups in total. The highest BCUT2D eigenvalue weighted by atomic mass is 35.5. The molecule has 1 amide bonds. The standard InChI is InChI=1S/C20H17ClF4N4O6/c21-14-15(18(22)23)27-28(16(14)19(24)25)7-11-5-6-13(35-11)20(32)26-12(8-30)17(31)9-1-3-10(4-2-9)29(33)34/h1-6,12,17-19,30-31H,7-8H2,(H,26,32). The molecule has 0 saturated heterocycles. The van der Waals surface area contributed by atoms with Crippen molar-refractivity contribution in [2.45, 2.75) is 31.5 Å². The van der Waals surface area contributed by atoms with E-state index in [4.69, 9.17) is 16.0 Å². The van der Waals surface area contributed by atoms with Gasteiger partial charge >= 0.3 is 0 Å². The molecule has 10 nitrogen and oxygen atoms in total. The molecule has 0 radical (unpaired) electrons.